The molecule has 0 heterocycles. The maximum Gasteiger partial charge on any atom is 0.335 e. The van der Waals surface area contributed by atoms with Crippen molar-refractivity contribution >= 4 is 17.6 Å². The fraction of sp³-hybridized carbons (Fsp3) is 0. The standard InChI is InChI=1S/C13H7ClF2O2/c14-9-5-4-7(13(17)18)6-8(9)12-10(15)2-1-3-11(12)16/h1-6H,(H,17,18). The molecule has 0 saturated heterocycles. The van der Waals surface area contributed by atoms with Crippen LogP contribution >= 0.6 is 11.6 Å². The lowest BCUT2D eigenvalue weighted by Gasteiger charge is -2.08. The van der Waals surface area contributed by atoms with Crippen molar-refractivity contribution in [1.82, 2.24) is 0 Å². The Balaban J connectivity index is 2.70. The van der Waals surface area contributed by atoms with Gasteiger partial charge in [-0.3, -0.25) is 0 Å². The van der Waals surface area contributed by atoms with Crippen molar-refractivity contribution in [2.75, 3.05) is 0 Å². The van der Waals surface area contributed by atoms with E-state index < -0.39 is 17.6 Å². The molecule has 92 valence electrons. The summed E-state index contributed by atoms with van der Waals surface area (Å²) in [5, 5.41) is 8.94. The molecular weight excluding hydrogens is 262 g/mol. The summed E-state index contributed by atoms with van der Waals surface area (Å²) in [5.41, 5.74) is -0.394. The molecule has 2 nitrogen and oxygen atoms in total. The van der Waals surface area contributed by atoms with Crippen molar-refractivity contribution in [2.24, 2.45) is 0 Å². The van der Waals surface area contributed by atoms with Crippen LogP contribution < -0.4 is 0 Å². The van der Waals surface area contributed by atoms with Gasteiger partial charge in [0.25, 0.3) is 0 Å². The summed E-state index contributed by atoms with van der Waals surface area (Å²) in [6.45, 7) is 0. The Morgan fingerprint density at radius 3 is 2.28 bits per heavy atom. The summed E-state index contributed by atoms with van der Waals surface area (Å²) in [4.78, 5) is 10.8. The highest BCUT2D eigenvalue weighted by molar-refractivity contribution is 6.33. The molecule has 0 fully saturated rings. The van der Waals surface area contributed by atoms with Crippen LogP contribution in [0.25, 0.3) is 11.1 Å². The van der Waals surface area contributed by atoms with Gasteiger partial charge in [-0.15, -0.1) is 0 Å². The molecule has 1 N–H and O–H groups in total. The average Bonchev–Trinajstić information content (AvgIpc) is 2.30. The second-order valence-electron chi connectivity index (χ2n) is 3.60. The Morgan fingerprint density at radius 2 is 1.72 bits per heavy atom. The van der Waals surface area contributed by atoms with Crippen molar-refractivity contribution < 1.29 is 18.7 Å². The van der Waals surface area contributed by atoms with Gasteiger partial charge in [0.2, 0.25) is 0 Å². The van der Waals surface area contributed by atoms with E-state index in [2.05, 4.69) is 0 Å². The summed E-state index contributed by atoms with van der Waals surface area (Å²) in [7, 11) is 0. The molecule has 0 aliphatic rings. The number of rotatable bonds is 2. The van der Waals surface area contributed by atoms with Gasteiger partial charge in [-0.2, -0.15) is 0 Å². The van der Waals surface area contributed by atoms with E-state index in [4.69, 9.17) is 16.7 Å². The third-order valence-corrected chi connectivity index (χ3v) is 2.77. The van der Waals surface area contributed by atoms with Crippen LogP contribution in [0.3, 0.4) is 0 Å². The molecule has 0 saturated carbocycles. The molecule has 0 aliphatic heterocycles. The van der Waals surface area contributed by atoms with E-state index in [0.717, 1.165) is 18.2 Å². The molecule has 0 unspecified atom stereocenters. The van der Waals surface area contributed by atoms with Crippen molar-refractivity contribution in [1.29, 1.82) is 0 Å². The SMILES string of the molecule is O=C(O)c1ccc(Cl)c(-c2c(F)cccc2F)c1. The lowest BCUT2D eigenvalue weighted by Crippen LogP contribution is -1.98. The van der Waals surface area contributed by atoms with E-state index >= 15 is 0 Å². The van der Waals surface area contributed by atoms with Crippen molar-refractivity contribution in [3.8, 4) is 11.1 Å². The number of carboxylic acid groups (broad SMARTS) is 1. The predicted molar refractivity (Wildman–Crippen MR) is 63.8 cm³/mol. The van der Waals surface area contributed by atoms with Gasteiger partial charge >= 0.3 is 5.97 Å². The monoisotopic (exact) mass is 268 g/mol. The van der Waals surface area contributed by atoms with Gasteiger partial charge < -0.3 is 5.11 Å². The van der Waals surface area contributed by atoms with E-state index in [1.165, 1.54) is 18.2 Å². The third kappa shape index (κ3) is 2.19. The predicted octanol–water partition coefficient (Wildman–Crippen LogP) is 3.98. The van der Waals surface area contributed by atoms with E-state index in [1.54, 1.807) is 0 Å². The van der Waals surface area contributed by atoms with Gasteiger partial charge in [-0.25, -0.2) is 13.6 Å². The Hall–Kier alpha value is -1.94. The largest absolute Gasteiger partial charge is 0.478 e. The fourth-order valence-electron chi connectivity index (χ4n) is 1.61. The van der Waals surface area contributed by atoms with Gasteiger partial charge in [-0.1, -0.05) is 17.7 Å². The summed E-state index contributed by atoms with van der Waals surface area (Å²) < 4.78 is 27.2. The van der Waals surface area contributed by atoms with Crippen LogP contribution in [0.5, 0.6) is 0 Å². The zero-order valence-electron chi connectivity index (χ0n) is 8.95. The molecule has 2 aromatic carbocycles. The summed E-state index contributed by atoms with van der Waals surface area (Å²) in [6.07, 6.45) is 0. The minimum Gasteiger partial charge on any atom is -0.478 e. The minimum absolute atomic E-state index is 0.0205. The van der Waals surface area contributed by atoms with E-state index in [1.807, 2.05) is 0 Å². The highest BCUT2D eigenvalue weighted by Gasteiger charge is 2.16. The first kappa shape index (κ1) is 12.5. The number of aromatic carboxylic acids is 1. The maximum atomic E-state index is 13.6. The van der Waals surface area contributed by atoms with E-state index in [0.29, 0.717) is 0 Å². The van der Waals surface area contributed by atoms with Crippen molar-refractivity contribution in [2.45, 2.75) is 0 Å². The number of carboxylic acids is 1. The maximum absolute atomic E-state index is 13.6. The van der Waals surface area contributed by atoms with Gasteiger partial charge in [0.15, 0.2) is 0 Å². The van der Waals surface area contributed by atoms with Crippen LogP contribution in [0.2, 0.25) is 5.02 Å². The van der Waals surface area contributed by atoms with E-state index in [9.17, 15) is 13.6 Å². The van der Waals surface area contributed by atoms with Gasteiger partial charge in [0, 0.05) is 10.6 Å². The first-order valence-corrected chi connectivity index (χ1v) is 5.35. The zero-order chi connectivity index (χ0) is 13.3. The van der Waals surface area contributed by atoms with Crippen LogP contribution in [-0.4, -0.2) is 11.1 Å². The molecule has 5 heteroatoms. The molecule has 18 heavy (non-hydrogen) atoms. The number of hydrogen-bond donors (Lipinski definition) is 1. The van der Waals surface area contributed by atoms with Gasteiger partial charge in [0.05, 0.1) is 11.1 Å². The molecule has 2 aromatic rings. The van der Waals surface area contributed by atoms with Crippen molar-refractivity contribution in [3.63, 3.8) is 0 Å². The lowest BCUT2D eigenvalue weighted by molar-refractivity contribution is 0.0697. The quantitative estimate of drug-likeness (QED) is 0.894. The zero-order valence-corrected chi connectivity index (χ0v) is 9.71. The molecule has 2 rings (SSSR count). The number of benzene rings is 2. The van der Waals surface area contributed by atoms with Crippen LogP contribution in [-0.2, 0) is 0 Å². The third-order valence-electron chi connectivity index (χ3n) is 2.45. The van der Waals surface area contributed by atoms with Crippen LogP contribution in [0.4, 0.5) is 8.78 Å². The molecule has 0 radical (unpaired) electrons. The Kier molecular flexibility index (Phi) is 3.30. The van der Waals surface area contributed by atoms with E-state index in [-0.39, 0.29) is 21.7 Å². The second-order valence-corrected chi connectivity index (χ2v) is 4.00. The lowest BCUT2D eigenvalue weighted by atomic mass is 10.0. The summed E-state index contributed by atoms with van der Waals surface area (Å²) in [6, 6.07) is 7.11. The molecule has 0 atom stereocenters. The Morgan fingerprint density at radius 1 is 1.11 bits per heavy atom. The highest BCUT2D eigenvalue weighted by Crippen LogP contribution is 2.32. The first-order chi connectivity index (χ1) is 8.50. The Labute approximate surface area is 106 Å². The van der Waals surface area contributed by atoms with Crippen molar-refractivity contribution in [3.05, 3.63) is 58.6 Å². The molecule has 0 aromatic heterocycles. The van der Waals surface area contributed by atoms with Crippen LogP contribution in [0.15, 0.2) is 36.4 Å². The molecule has 0 spiro atoms. The molecule has 0 aliphatic carbocycles. The molecule has 0 amide bonds. The number of halogens is 3. The number of hydrogen-bond acceptors (Lipinski definition) is 1. The highest BCUT2D eigenvalue weighted by atomic mass is 35.5. The first-order valence-electron chi connectivity index (χ1n) is 4.98. The summed E-state index contributed by atoms with van der Waals surface area (Å²) in [5.74, 6) is -2.77. The smallest absolute Gasteiger partial charge is 0.335 e. The average molecular weight is 269 g/mol. The fourth-order valence-corrected chi connectivity index (χ4v) is 1.82. The molecule has 0 bridgehead atoms. The summed E-state index contributed by atoms with van der Waals surface area (Å²) >= 11 is 5.85. The van der Waals surface area contributed by atoms with Gasteiger partial charge in [0.1, 0.15) is 11.6 Å². The second kappa shape index (κ2) is 4.74. The number of carbonyl (C=O) groups is 1. The van der Waals surface area contributed by atoms with Gasteiger partial charge in [-0.05, 0) is 30.3 Å². The normalized spacial score (nSPS) is 10.4. The molecular formula is C13H7ClF2O2. The van der Waals surface area contributed by atoms with Crippen LogP contribution in [0, 0.1) is 11.6 Å². The Bertz CT molecular complexity index is 606. The van der Waals surface area contributed by atoms with Crippen LogP contribution in [0.1, 0.15) is 10.4 Å². The minimum atomic E-state index is -1.19. The topological polar surface area (TPSA) is 37.3 Å².